The molecule has 1 N–H and O–H groups in total. The predicted molar refractivity (Wildman–Crippen MR) is 70.4 cm³/mol. The van der Waals surface area contributed by atoms with E-state index in [-0.39, 0.29) is 11.9 Å². The topological polar surface area (TPSA) is 12.0 Å². The molecule has 0 radical (unpaired) electrons. The van der Waals surface area contributed by atoms with Gasteiger partial charge in [-0.3, -0.25) is 0 Å². The van der Waals surface area contributed by atoms with Crippen LogP contribution in [0.4, 0.5) is 8.78 Å². The van der Waals surface area contributed by atoms with Gasteiger partial charge in [-0.05, 0) is 37.8 Å². The summed E-state index contributed by atoms with van der Waals surface area (Å²) in [5.74, 6) is 0.219. The molecule has 2 unspecified atom stereocenters. The van der Waals surface area contributed by atoms with E-state index in [1.165, 1.54) is 12.1 Å². The van der Waals surface area contributed by atoms with Crippen molar-refractivity contribution in [2.75, 3.05) is 12.0 Å². The minimum absolute atomic E-state index is 0.178. The number of nitrogens with one attached hydrogen (secondary N) is 1. The normalized spacial score (nSPS) is 14.6. The zero-order chi connectivity index (χ0) is 12.8. The first-order valence-electron chi connectivity index (χ1n) is 5.78. The lowest BCUT2D eigenvalue weighted by atomic mass is 10.1. The number of hydrogen-bond acceptors (Lipinski definition) is 2. The Morgan fingerprint density at radius 3 is 2.65 bits per heavy atom. The summed E-state index contributed by atoms with van der Waals surface area (Å²) in [6.07, 6.45) is 3.01. The zero-order valence-corrected chi connectivity index (χ0v) is 11.3. The highest BCUT2D eigenvalue weighted by Gasteiger charge is 2.15. The molecule has 17 heavy (non-hydrogen) atoms. The Labute approximate surface area is 106 Å². The average molecular weight is 259 g/mol. The first-order chi connectivity index (χ1) is 8.08. The van der Waals surface area contributed by atoms with Crippen LogP contribution in [-0.4, -0.2) is 18.1 Å². The van der Waals surface area contributed by atoms with Crippen LogP contribution < -0.4 is 5.32 Å². The highest BCUT2D eigenvalue weighted by Crippen LogP contribution is 2.19. The third kappa shape index (κ3) is 4.28. The van der Waals surface area contributed by atoms with Gasteiger partial charge in [0.05, 0.1) is 0 Å². The van der Waals surface area contributed by atoms with Gasteiger partial charge in [0.25, 0.3) is 0 Å². The fourth-order valence-corrected chi connectivity index (χ4v) is 2.51. The van der Waals surface area contributed by atoms with Crippen LogP contribution in [0.1, 0.15) is 31.9 Å². The highest BCUT2D eigenvalue weighted by atomic mass is 32.2. The predicted octanol–water partition coefficient (Wildman–Crippen LogP) is 3.76. The van der Waals surface area contributed by atoms with Gasteiger partial charge in [0.15, 0.2) is 0 Å². The van der Waals surface area contributed by atoms with Crippen LogP contribution in [0, 0.1) is 11.6 Å². The molecule has 1 aromatic rings. The van der Waals surface area contributed by atoms with Crippen molar-refractivity contribution in [1.29, 1.82) is 0 Å². The summed E-state index contributed by atoms with van der Waals surface area (Å²) in [4.78, 5) is 0. The number of hydrogen-bond donors (Lipinski definition) is 1. The Morgan fingerprint density at radius 2 is 2.06 bits per heavy atom. The average Bonchev–Trinajstić information content (AvgIpc) is 2.31. The minimum atomic E-state index is -0.395. The monoisotopic (exact) mass is 259 g/mol. The molecular formula is C13H19F2NS. The van der Waals surface area contributed by atoms with Gasteiger partial charge in [-0.2, -0.15) is 11.8 Å². The molecule has 2 atom stereocenters. The molecule has 0 saturated heterocycles. The molecule has 0 bridgehead atoms. The molecular weight excluding hydrogens is 240 g/mol. The Kier molecular flexibility index (Phi) is 5.92. The first kappa shape index (κ1) is 14.5. The Hall–Kier alpha value is -0.610. The Balaban J connectivity index is 2.74. The van der Waals surface area contributed by atoms with Crippen molar-refractivity contribution in [3.63, 3.8) is 0 Å². The van der Waals surface area contributed by atoms with Crippen molar-refractivity contribution < 1.29 is 8.78 Å². The SMILES string of the molecule is CCC(CSC)NC(C)c1cc(F)ccc1F. The van der Waals surface area contributed by atoms with Gasteiger partial charge < -0.3 is 5.32 Å². The van der Waals surface area contributed by atoms with Crippen molar-refractivity contribution in [2.24, 2.45) is 0 Å². The third-order valence-corrected chi connectivity index (χ3v) is 3.51. The standard InChI is InChI=1S/C13H19F2NS/c1-4-11(8-17-3)16-9(2)12-7-10(14)5-6-13(12)15/h5-7,9,11,16H,4,8H2,1-3H3. The maximum atomic E-state index is 13.5. The maximum absolute atomic E-state index is 13.5. The molecule has 0 aliphatic rings. The lowest BCUT2D eigenvalue weighted by molar-refractivity contribution is 0.455. The van der Waals surface area contributed by atoms with E-state index in [9.17, 15) is 8.78 Å². The van der Waals surface area contributed by atoms with E-state index < -0.39 is 5.82 Å². The van der Waals surface area contributed by atoms with Crippen LogP contribution in [0.15, 0.2) is 18.2 Å². The smallest absolute Gasteiger partial charge is 0.128 e. The molecule has 0 aromatic heterocycles. The third-order valence-electron chi connectivity index (χ3n) is 2.77. The summed E-state index contributed by atoms with van der Waals surface area (Å²) in [6.45, 7) is 3.95. The molecule has 0 amide bonds. The van der Waals surface area contributed by atoms with Crippen molar-refractivity contribution in [1.82, 2.24) is 5.32 Å². The lowest BCUT2D eigenvalue weighted by Gasteiger charge is -2.22. The maximum Gasteiger partial charge on any atom is 0.128 e. The van der Waals surface area contributed by atoms with Crippen molar-refractivity contribution >= 4 is 11.8 Å². The van der Waals surface area contributed by atoms with Crippen molar-refractivity contribution in [3.8, 4) is 0 Å². The first-order valence-corrected chi connectivity index (χ1v) is 7.17. The summed E-state index contributed by atoms with van der Waals surface area (Å²) in [6, 6.07) is 3.73. The second-order valence-electron chi connectivity index (χ2n) is 4.11. The molecule has 1 rings (SSSR count). The quantitative estimate of drug-likeness (QED) is 0.835. The summed E-state index contributed by atoms with van der Waals surface area (Å²) in [5, 5.41) is 3.32. The van der Waals surface area contributed by atoms with Crippen molar-refractivity contribution in [2.45, 2.75) is 32.4 Å². The van der Waals surface area contributed by atoms with E-state index in [0.29, 0.717) is 11.6 Å². The molecule has 0 fully saturated rings. The number of thioether (sulfide) groups is 1. The van der Waals surface area contributed by atoms with Gasteiger partial charge in [0.1, 0.15) is 11.6 Å². The van der Waals surface area contributed by atoms with Gasteiger partial charge in [0.2, 0.25) is 0 Å². The van der Waals surface area contributed by atoms with Crippen LogP contribution in [0.25, 0.3) is 0 Å². The van der Waals surface area contributed by atoms with Gasteiger partial charge in [-0.1, -0.05) is 6.92 Å². The Morgan fingerprint density at radius 1 is 1.35 bits per heavy atom. The number of benzene rings is 1. The van der Waals surface area contributed by atoms with Crippen LogP contribution >= 0.6 is 11.8 Å². The van der Waals surface area contributed by atoms with Crippen LogP contribution in [-0.2, 0) is 0 Å². The van der Waals surface area contributed by atoms with Crippen LogP contribution in [0.5, 0.6) is 0 Å². The number of rotatable bonds is 6. The molecule has 0 heterocycles. The second kappa shape index (κ2) is 6.97. The molecule has 1 nitrogen and oxygen atoms in total. The molecule has 0 spiro atoms. The van der Waals surface area contributed by atoms with E-state index >= 15 is 0 Å². The van der Waals surface area contributed by atoms with Crippen LogP contribution in [0.2, 0.25) is 0 Å². The van der Waals surface area contributed by atoms with Gasteiger partial charge >= 0.3 is 0 Å². The van der Waals surface area contributed by atoms with Crippen LogP contribution in [0.3, 0.4) is 0 Å². The van der Waals surface area contributed by atoms with E-state index in [2.05, 4.69) is 12.2 Å². The summed E-state index contributed by atoms with van der Waals surface area (Å²) >= 11 is 1.75. The molecule has 96 valence electrons. The van der Waals surface area contributed by atoms with E-state index in [4.69, 9.17) is 0 Å². The van der Waals surface area contributed by atoms with Gasteiger partial charge in [-0.25, -0.2) is 8.78 Å². The minimum Gasteiger partial charge on any atom is -0.307 e. The molecule has 0 aliphatic carbocycles. The summed E-state index contributed by atoms with van der Waals surface area (Å²) in [5.41, 5.74) is 0.393. The van der Waals surface area contributed by atoms with Gasteiger partial charge in [0, 0.05) is 23.4 Å². The summed E-state index contributed by atoms with van der Waals surface area (Å²) < 4.78 is 26.6. The molecule has 0 saturated carbocycles. The summed E-state index contributed by atoms with van der Waals surface area (Å²) in [7, 11) is 0. The largest absolute Gasteiger partial charge is 0.307 e. The van der Waals surface area contributed by atoms with Gasteiger partial charge in [-0.15, -0.1) is 0 Å². The molecule has 0 aliphatic heterocycles. The fourth-order valence-electron chi connectivity index (χ4n) is 1.77. The lowest BCUT2D eigenvalue weighted by Crippen LogP contribution is -2.33. The highest BCUT2D eigenvalue weighted by molar-refractivity contribution is 7.98. The van der Waals surface area contributed by atoms with Crippen molar-refractivity contribution in [3.05, 3.63) is 35.4 Å². The van der Waals surface area contributed by atoms with E-state index in [1.807, 2.05) is 13.2 Å². The molecule has 1 aromatic carbocycles. The Bertz CT molecular complexity index is 357. The zero-order valence-electron chi connectivity index (χ0n) is 10.5. The fraction of sp³-hybridized carbons (Fsp3) is 0.538. The second-order valence-corrected chi connectivity index (χ2v) is 5.03. The van der Waals surface area contributed by atoms with E-state index in [1.54, 1.807) is 11.8 Å². The number of halogens is 2. The molecule has 4 heteroatoms. The van der Waals surface area contributed by atoms with E-state index in [0.717, 1.165) is 18.2 Å².